The summed E-state index contributed by atoms with van der Waals surface area (Å²) in [5.41, 5.74) is 7.85. The van der Waals surface area contributed by atoms with Crippen LogP contribution in [0.25, 0.3) is 0 Å². The van der Waals surface area contributed by atoms with Crippen molar-refractivity contribution in [2.24, 2.45) is 0 Å². The van der Waals surface area contributed by atoms with Crippen LogP contribution in [0.3, 0.4) is 0 Å². The predicted octanol–water partition coefficient (Wildman–Crippen LogP) is 2.12. The molecule has 2 N–H and O–H groups in total. The predicted molar refractivity (Wildman–Crippen MR) is 58.6 cm³/mol. The van der Waals surface area contributed by atoms with Crippen LogP contribution in [-0.4, -0.2) is 8.07 Å². The number of hydrogen-bond acceptors (Lipinski definition) is 1. The molecule has 0 radical (unpaired) electrons. The van der Waals surface area contributed by atoms with Gasteiger partial charge in [0.15, 0.2) is 0 Å². The van der Waals surface area contributed by atoms with Crippen LogP contribution in [0.4, 0.5) is 5.69 Å². The van der Waals surface area contributed by atoms with E-state index >= 15 is 0 Å². The van der Waals surface area contributed by atoms with Crippen molar-refractivity contribution in [1.82, 2.24) is 0 Å². The minimum Gasteiger partial charge on any atom is -0.399 e. The molecule has 0 saturated carbocycles. The molecule has 66 valence electrons. The molecule has 12 heavy (non-hydrogen) atoms. The fraction of sp³-hybridized carbons (Fsp3) is 0.400. The molecule has 1 nitrogen and oxygen atoms in total. The molecule has 0 aromatic heterocycles. The summed E-state index contributed by atoms with van der Waals surface area (Å²) < 4.78 is 0. The van der Waals surface area contributed by atoms with Crippen LogP contribution in [-0.2, 0) is 0 Å². The van der Waals surface area contributed by atoms with Gasteiger partial charge in [0.05, 0.1) is 8.07 Å². The molecule has 0 amide bonds. The topological polar surface area (TPSA) is 26.0 Å². The fourth-order valence-electron chi connectivity index (χ4n) is 1.14. The van der Waals surface area contributed by atoms with E-state index in [1.165, 1.54) is 10.8 Å². The van der Waals surface area contributed by atoms with E-state index in [4.69, 9.17) is 5.73 Å². The molecule has 1 aromatic rings. The van der Waals surface area contributed by atoms with Gasteiger partial charge in [-0.25, -0.2) is 0 Å². The van der Waals surface area contributed by atoms with Crippen molar-refractivity contribution in [1.29, 1.82) is 0 Å². The van der Waals surface area contributed by atoms with Crippen LogP contribution in [0.1, 0.15) is 5.56 Å². The van der Waals surface area contributed by atoms with Gasteiger partial charge in [-0.2, -0.15) is 0 Å². The van der Waals surface area contributed by atoms with E-state index < -0.39 is 8.07 Å². The molecule has 0 heterocycles. The molecule has 0 aliphatic carbocycles. The van der Waals surface area contributed by atoms with Gasteiger partial charge in [-0.1, -0.05) is 37.0 Å². The quantitative estimate of drug-likeness (QED) is 0.518. The normalized spacial score (nSPS) is 11.7. The first kappa shape index (κ1) is 9.33. The molecule has 0 aliphatic rings. The number of nitrogen functional groups attached to an aromatic ring is 1. The molecule has 0 spiro atoms. The molecule has 2 heteroatoms. The van der Waals surface area contributed by atoms with Gasteiger partial charge in [-0.05, 0) is 18.6 Å². The Balaban J connectivity index is 3.14. The molecule has 0 aliphatic heterocycles. The second-order valence-electron chi connectivity index (χ2n) is 4.32. The lowest BCUT2D eigenvalue weighted by Gasteiger charge is -2.17. The van der Waals surface area contributed by atoms with Crippen molar-refractivity contribution >= 4 is 18.9 Å². The van der Waals surface area contributed by atoms with Crippen LogP contribution in [0.15, 0.2) is 18.2 Å². The lowest BCUT2D eigenvalue weighted by Crippen LogP contribution is -2.37. The van der Waals surface area contributed by atoms with Crippen molar-refractivity contribution in [3.05, 3.63) is 23.8 Å². The minimum atomic E-state index is -1.14. The molecule has 0 saturated heterocycles. The summed E-state index contributed by atoms with van der Waals surface area (Å²) in [5.74, 6) is 0. The van der Waals surface area contributed by atoms with Gasteiger partial charge in [0, 0.05) is 5.69 Å². The molecule has 1 aromatic carbocycles. The Morgan fingerprint density at radius 2 is 1.75 bits per heavy atom. The number of nitrogens with two attached hydrogens (primary N) is 1. The first-order chi connectivity index (χ1) is 5.41. The Bertz CT molecular complexity index is 286. The summed E-state index contributed by atoms with van der Waals surface area (Å²) in [4.78, 5) is 0. The zero-order valence-corrected chi connectivity index (χ0v) is 9.31. The lowest BCUT2D eigenvalue weighted by molar-refractivity contribution is 1.48. The third-order valence-electron chi connectivity index (χ3n) is 2.14. The highest BCUT2D eigenvalue weighted by molar-refractivity contribution is 6.88. The summed E-state index contributed by atoms with van der Waals surface area (Å²) in [6, 6.07) is 6.40. The molecular weight excluding hydrogens is 162 g/mol. The van der Waals surface area contributed by atoms with Crippen LogP contribution in [0.5, 0.6) is 0 Å². The van der Waals surface area contributed by atoms with Crippen molar-refractivity contribution in [3.63, 3.8) is 0 Å². The maximum Gasteiger partial charge on any atom is 0.0776 e. The highest BCUT2D eigenvalue weighted by Gasteiger charge is 2.16. The van der Waals surface area contributed by atoms with E-state index in [1.807, 2.05) is 6.07 Å². The molecule has 0 unspecified atom stereocenters. The van der Waals surface area contributed by atoms with E-state index in [2.05, 4.69) is 38.7 Å². The zero-order chi connectivity index (χ0) is 9.35. The summed E-state index contributed by atoms with van der Waals surface area (Å²) in [5, 5.41) is 1.48. The van der Waals surface area contributed by atoms with E-state index in [0.29, 0.717) is 0 Å². The lowest BCUT2D eigenvalue weighted by atomic mass is 10.2. The first-order valence-electron chi connectivity index (χ1n) is 4.28. The van der Waals surface area contributed by atoms with Gasteiger partial charge < -0.3 is 5.73 Å². The van der Waals surface area contributed by atoms with Crippen molar-refractivity contribution in [3.8, 4) is 0 Å². The number of aryl methyl sites for hydroxylation is 1. The second kappa shape index (κ2) is 2.94. The van der Waals surface area contributed by atoms with Crippen molar-refractivity contribution < 1.29 is 0 Å². The fourth-order valence-corrected chi connectivity index (χ4v) is 2.38. The zero-order valence-electron chi connectivity index (χ0n) is 8.31. The Morgan fingerprint density at radius 1 is 1.17 bits per heavy atom. The maximum absolute atomic E-state index is 5.75. The average molecular weight is 179 g/mol. The van der Waals surface area contributed by atoms with E-state index in [9.17, 15) is 0 Å². The molecule has 0 bridgehead atoms. The number of rotatable bonds is 1. The van der Waals surface area contributed by atoms with Crippen LogP contribution >= 0.6 is 0 Å². The Kier molecular flexibility index (Phi) is 2.28. The van der Waals surface area contributed by atoms with Crippen molar-refractivity contribution in [2.75, 3.05) is 5.73 Å². The third-order valence-corrected chi connectivity index (χ3v) is 4.18. The monoisotopic (exact) mass is 179 g/mol. The third kappa shape index (κ3) is 1.88. The van der Waals surface area contributed by atoms with Crippen molar-refractivity contribution in [2.45, 2.75) is 26.6 Å². The van der Waals surface area contributed by atoms with Crippen LogP contribution in [0, 0.1) is 6.92 Å². The molecule has 0 fully saturated rings. The summed E-state index contributed by atoms with van der Waals surface area (Å²) in [7, 11) is -1.14. The maximum atomic E-state index is 5.75. The second-order valence-corrected chi connectivity index (χ2v) is 9.40. The van der Waals surface area contributed by atoms with Gasteiger partial charge in [0.1, 0.15) is 0 Å². The highest BCUT2D eigenvalue weighted by atomic mass is 28.3. The standard InChI is InChI=1S/C10H17NSi/c1-8-7-9(12(2,3)4)5-6-10(8)11/h5-7H,11H2,1-4H3. The van der Waals surface area contributed by atoms with E-state index in [0.717, 1.165) is 5.69 Å². The smallest absolute Gasteiger partial charge is 0.0776 e. The van der Waals surface area contributed by atoms with E-state index in [1.54, 1.807) is 0 Å². The van der Waals surface area contributed by atoms with Crippen LogP contribution < -0.4 is 10.9 Å². The summed E-state index contributed by atoms with van der Waals surface area (Å²) in [6.45, 7) is 9.10. The van der Waals surface area contributed by atoms with E-state index in [-0.39, 0.29) is 0 Å². The summed E-state index contributed by atoms with van der Waals surface area (Å²) in [6.07, 6.45) is 0. The Labute approximate surface area is 75.6 Å². The highest BCUT2D eigenvalue weighted by Crippen LogP contribution is 2.10. The first-order valence-corrected chi connectivity index (χ1v) is 7.78. The minimum absolute atomic E-state index is 0.900. The number of hydrogen-bond donors (Lipinski definition) is 1. The van der Waals surface area contributed by atoms with Gasteiger partial charge in [-0.3, -0.25) is 0 Å². The molecule has 0 atom stereocenters. The number of benzene rings is 1. The average Bonchev–Trinajstić information content (AvgIpc) is 1.92. The van der Waals surface area contributed by atoms with Gasteiger partial charge in [0.2, 0.25) is 0 Å². The van der Waals surface area contributed by atoms with Gasteiger partial charge >= 0.3 is 0 Å². The Hall–Kier alpha value is -0.763. The van der Waals surface area contributed by atoms with Gasteiger partial charge in [0.25, 0.3) is 0 Å². The number of anilines is 1. The van der Waals surface area contributed by atoms with Crippen LogP contribution in [0.2, 0.25) is 19.6 Å². The largest absolute Gasteiger partial charge is 0.399 e. The van der Waals surface area contributed by atoms with Gasteiger partial charge in [-0.15, -0.1) is 0 Å². The molecular formula is C10H17NSi. The SMILES string of the molecule is Cc1cc([Si](C)(C)C)ccc1N. The summed E-state index contributed by atoms with van der Waals surface area (Å²) >= 11 is 0. The Morgan fingerprint density at radius 3 is 2.17 bits per heavy atom. The molecule has 1 rings (SSSR count).